The first-order chi connectivity index (χ1) is 13.1. The number of hydrogen-bond acceptors (Lipinski definition) is 4. The maximum atomic E-state index is 12.9. The molecular formula is C21H23BrN4O. The molecule has 1 aromatic heterocycles. The fourth-order valence-electron chi connectivity index (χ4n) is 3.03. The topological polar surface area (TPSA) is 50.5 Å². The van der Waals surface area contributed by atoms with Crippen LogP contribution in [0.2, 0.25) is 0 Å². The van der Waals surface area contributed by atoms with Crippen molar-refractivity contribution in [2.24, 2.45) is 5.10 Å². The summed E-state index contributed by atoms with van der Waals surface area (Å²) < 4.78 is 2.24. The second-order valence-corrected chi connectivity index (χ2v) is 7.08. The number of rotatable bonds is 6. The molecule has 6 heteroatoms. The van der Waals surface area contributed by atoms with E-state index in [0.29, 0.717) is 23.1 Å². The van der Waals surface area contributed by atoms with Crippen molar-refractivity contribution in [1.29, 1.82) is 0 Å². The quantitative estimate of drug-likeness (QED) is 0.547. The van der Waals surface area contributed by atoms with E-state index in [0.717, 1.165) is 23.1 Å². The lowest BCUT2D eigenvalue weighted by atomic mass is 10.2. The van der Waals surface area contributed by atoms with E-state index in [1.807, 2.05) is 31.2 Å². The summed E-state index contributed by atoms with van der Waals surface area (Å²) in [6.07, 6.45) is 2.33. The second kappa shape index (κ2) is 8.48. The third kappa shape index (κ3) is 4.11. The summed E-state index contributed by atoms with van der Waals surface area (Å²) in [6, 6.07) is 13.7. The normalized spacial score (nSPS) is 11.4. The molecule has 27 heavy (non-hydrogen) atoms. The van der Waals surface area contributed by atoms with Crippen LogP contribution < -0.4 is 10.5 Å². The largest absolute Gasteiger partial charge is 0.372 e. The summed E-state index contributed by atoms with van der Waals surface area (Å²) in [5.41, 5.74) is 2.65. The fourth-order valence-corrected chi connectivity index (χ4v) is 3.39. The Labute approximate surface area is 167 Å². The number of hydrogen-bond donors (Lipinski definition) is 0. The predicted molar refractivity (Wildman–Crippen MR) is 116 cm³/mol. The molecule has 0 aliphatic heterocycles. The van der Waals surface area contributed by atoms with Crippen LogP contribution in [0.1, 0.15) is 32.2 Å². The Morgan fingerprint density at radius 3 is 2.44 bits per heavy atom. The number of aromatic nitrogens is 2. The van der Waals surface area contributed by atoms with Gasteiger partial charge < -0.3 is 4.90 Å². The van der Waals surface area contributed by atoms with Gasteiger partial charge in [-0.25, -0.2) is 4.98 Å². The van der Waals surface area contributed by atoms with Gasteiger partial charge in [-0.1, -0.05) is 35.0 Å². The highest BCUT2D eigenvalue weighted by atomic mass is 79.9. The van der Waals surface area contributed by atoms with Crippen molar-refractivity contribution >= 4 is 38.7 Å². The van der Waals surface area contributed by atoms with Crippen molar-refractivity contribution in [3.8, 4) is 0 Å². The van der Waals surface area contributed by atoms with Crippen LogP contribution >= 0.6 is 15.9 Å². The van der Waals surface area contributed by atoms with Crippen molar-refractivity contribution in [2.45, 2.75) is 27.2 Å². The van der Waals surface area contributed by atoms with Gasteiger partial charge in [0.1, 0.15) is 5.82 Å². The smallest absolute Gasteiger partial charge is 0.282 e. The maximum Gasteiger partial charge on any atom is 0.282 e. The molecule has 1 heterocycles. The third-order valence-electron chi connectivity index (χ3n) is 4.54. The summed E-state index contributed by atoms with van der Waals surface area (Å²) in [5, 5.41) is 4.98. The van der Waals surface area contributed by atoms with Gasteiger partial charge in [0.2, 0.25) is 0 Å². The van der Waals surface area contributed by atoms with Crippen molar-refractivity contribution in [1.82, 2.24) is 9.66 Å². The zero-order valence-corrected chi connectivity index (χ0v) is 17.4. The summed E-state index contributed by atoms with van der Waals surface area (Å²) in [5.74, 6) is 0.644. The Kier molecular flexibility index (Phi) is 6.06. The number of benzene rings is 2. The van der Waals surface area contributed by atoms with Crippen LogP contribution in [0.25, 0.3) is 10.9 Å². The van der Waals surface area contributed by atoms with Gasteiger partial charge in [0.25, 0.3) is 5.56 Å². The van der Waals surface area contributed by atoms with E-state index in [9.17, 15) is 4.79 Å². The average Bonchev–Trinajstić information content (AvgIpc) is 2.69. The van der Waals surface area contributed by atoms with Crippen LogP contribution in [0.5, 0.6) is 0 Å². The lowest BCUT2D eigenvalue weighted by Gasteiger charge is -2.20. The minimum atomic E-state index is -0.158. The zero-order chi connectivity index (χ0) is 19.4. The molecule has 0 aliphatic carbocycles. The first kappa shape index (κ1) is 19.3. The molecule has 0 saturated heterocycles. The van der Waals surface area contributed by atoms with Crippen molar-refractivity contribution in [2.75, 3.05) is 18.0 Å². The van der Waals surface area contributed by atoms with Gasteiger partial charge in [-0.3, -0.25) is 4.79 Å². The van der Waals surface area contributed by atoms with Crippen molar-refractivity contribution in [3.63, 3.8) is 0 Å². The van der Waals surface area contributed by atoms with Crippen LogP contribution in [-0.2, 0) is 6.42 Å². The number of halogens is 1. The van der Waals surface area contributed by atoms with Crippen molar-refractivity contribution < 1.29 is 0 Å². The van der Waals surface area contributed by atoms with Gasteiger partial charge in [-0.2, -0.15) is 9.78 Å². The summed E-state index contributed by atoms with van der Waals surface area (Å²) in [6.45, 7) is 8.19. The van der Waals surface area contributed by atoms with Crippen LogP contribution in [0.3, 0.4) is 0 Å². The summed E-state index contributed by atoms with van der Waals surface area (Å²) in [7, 11) is 0. The molecule has 5 nitrogen and oxygen atoms in total. The van der Waals surface area contributed by atoms with E-state index in [1.165, 1.54) is 10.4 Å². The molecule has 0 aliphatic rings. The van der Waals surface area contributed by atoms with Gasteiger partial charge in [0.05, 0.1) is 17.1 Å². The van der Waals surface area contributed by atoms with Gasteiger partial charge in [0.15, 0.2) is 0 Å². The van der Waals surface area contributed by atoms with Gasteiger partial charge in [-0.15, -0.1) is 0 Å². The molecule has 0 bridgehead atoms. The van der Waals surface area contributed by atoms with Gasteiger partial charge >= 0.3 is 0 Å². The zero-order valence-electron chi connectivity index (χ0n) is 15.8. The predicted octanol–water partition coefficient (Wildman–Crippen LogP) is 4.45. The Morgan fingerprint density at radius 1 is 1.11 bits per heavy atom. The molecule has 0 amide bonds. The molecule has 3 rings (SSSR count). The first-order valence-corrected chi connectivity index (χ1v) is 9.97. The van der Waals surface area contributed by atoms with E-state index in [-0.39, 0.29) is 5.56 Å². The fraction of sp³-hybridized carbons (Fsp3) is 0.286. The molecule has 140 valence electrons. The minimum Gasteiger partial charge on any atom is -0.372 e. The first-order valence-electron chi connectivity index (χ1n) is 9.17. The number of anilines is 1. The van der Waals surface area contributed by atoms with Crippen molar-refractivity contribution in [3.05, 3.63) is 68.7 Å². The Bertz CT molecular complexity index is 1020. The second-order valence-electron chi connectivity index (χ2n) is 6.17. The highest BCUT2D eigenvalue weighted by Gasteiger charge is 2.09. The summed E-state index contributed by atoms with van der Waals surface area (Å²) in [4.78, 5) is 19.8. The lowest BCUT2D eigenvalue weighted by Crippen LogP contribution is -2.22. The monoisotopic (exact) mass is 426 g/mol. The van der Waals surface area contributed by atoms with E-state index >= 15 is 0 Å². The van der Waals surface area contributed by atoms with Crippen LogP contribution in [0.15, 0.2) is 56.8 Å². The van der Waals surface area contributed by atoms with E-state index in [2.05, 4.69) is 56.9 Å². The number of aryl methyl sites for hydroxylation is 1. The molecular weight excluding hydrogens is 404 g/mol. The Balaban J connectivity index is 1.98. The molecule has 2 aromatic carbocycles. The Hall–Kier alpha value is -2.47. The molecule has 0 N–H and O–H groups in total. The molecule has 0 saturated carbocycles. The highest BCUT2D eigenvalue weighted by Crippen LogP contribution is 2.17. The van der Waals surface area contributed by atoms with E-state index < -0.39 is 0 Å². The van der Waals surface area contributed by atoms with E-state index in [1.54, 1.807) is 12.3 Å². The molecule has 3 aromatic rings. The standard InChI is InChI=1S/C21H23BrN4O/c1-4-20-24-19-12-9-16(22)13-18(19)21(27)26(20)23-14-15-7-10-17(11-8-15)25(5-2)6-3/h7-14H,4-6H2,1-3H3. The van der Waals surface area contributed by atoms with Crippen LogP contribution in [0, 0.1) is 0 Å². The lowest BCUT2D eigenvalue weighted by molar-refractivity contribution is 0.734. The van der Waals surface area contributed by atoms with Crippen LogP contribution in [0.4, 0.5) is 5.69 Å². The van der Waals surface area contributed by atoms with E-state index in [4.69, 9.17) is 0 Å². The highest BCUT2D eigenvalue weighted by molar-refractivity contribution is 9.10. The molecule has 0 atom stereocenters. The average molecular weight is 427 g/mol. The number of nitrogens with zero attached hydrogens (tertiary/aromatic N) is 4. The number of fused-ring (bicyclic) bond motifs is 1. The third-order valence-corrected chi connectivity index (χ3v) is 5.03. The molecule has 0 fully saturated rings. The molecule has 0 spiro atoms. The Morgan fingerprint density at radius 2 is 1.81 bits per heavy atom. The molecule has 0 radical (unpaired) electrons. The summed E-state index contributed by atoms with van der Waals surface area (Å²) >= 11 is 3.41. The van der Waals surface area contributed by atoms with Gasteiger partial charge in [-0.05, 0) is 49.7 Å². The minimum absolute atomic E-state index is 0.158. The SMILES string of the molecule is CCc1nc2ccc(Br)cc2c(=O)n1N=Cc1ccc(N(CC)CC)cc1. The molecule has 0 unspecified atom stereocenters. The van der Waals surface area contributed by atoms with Gasteiger partial charge in [0, 0.05) is 29.7 Å². The maximum absolute atomic E-state index is 12.9. The van der Waals surface area contributed by atoms with Crippen LogP contribution in [-0.4, -0.2) is 29.0 Å².